The standard InChI is InChI=1S/C9H21N3O4S/c1-3-16-9(13)11-17(14,15)12(2)8-6-4-5-7-10/h3-8,10H2,1-2H3,(H,11,13). The van der Waals surface area contributed by atoms with Crippen LogP contribution >= 0.6 is 0 Å². The molecule has 0 fully saturated rings. The average molecular weight is 267 g/mol. The molecule has 0 aliphatic carbocycles. The molecule has 0 saturated heterocycles. The van der Waals surface area contributed by atoms with E-state index >= 15 is 0 Å². The minimum atomic E-state index is -3.79. The van der Waals surface area contributed by atoms with Gasteiger partial charge in [0.15, 0.2) is 0 Å². The number of nitrogens with zero attached hydrogens (tertiary/aromatic N) is 1. The summed E-state index contributed by atoms with van der Waals surface area (Å²) in [6, 6.07) is 0. The molecular formula is C9H21N3O4S. The Labute approximate surface area is 102 Å². The van der Waals surface area contributed by atoms with Gasteiger partial charge in [-0.1, -0.05) is 6.42 Å². The maximum Gasteiger partial charge on any atom is 0.421 e. The van der Waals surface area contributed by atoms with E-state index in [0.717, 1.165) is 17.1 Å². The van der Waals surface area contributed by atoms with E-state index < -0.39 is 16.3 Å². The van der Waals surface area contributed by atoms with Gasteiger partial charge in [0.25, 0.3) is 0 Å². The molecule has 0 aromatic carbocycles. The van der Waals surface area contributed by atoms with E-state index in [1.54, 1.807) is 6.92 Å². The van der Waals surface area contributed by atoms with E-state index in [2.05, 4.69) is 4.74 Å². The van der Waals surface area contributed by atoms with Crippen LogP contribution in [0.25, 0.3) is 0 Å². The second kappa shape index (κ2) is 8.26. The van der Waals surface area contributed by atoms with Crippen molar-refractivity contribution in [2.45, 2.75) is 26.2 Å². The molecule has 0 rings (SSSR count). The molecule has 8 heteroatoms. The van der Waals surface area contributed by atoms with Crippen molar-refractivity contribution in [2.75, 3.05) is 26.7 Å². The van der Waals surface area contributed by atoms with Crippen LogP contribution in [0.4, 0.5) is 4.79 Å². The summed E-state index contributed by atoms with van der Waals surface area (Å²) >= 11 is 0. The number of unbranched alkanes of at least 4 members (excludes halogenated alkanes) is 2. The number of rotatable bonds is 8. The van der Waals surface area contributed by atoms with E-state index in [4.69, 9.17) is 5.73 Å². The van der Waals surface area contributed by atoms with Crippen LogP contribution in [0.2, 0.25) is 0 Å². The zero-order chi connectivity index (χ0) is 13.3. The van der Waals surface area contributed by atoms with Crippen molar-refractivity contribution < 1.29 is 17.9 Å². The van der Waals surface area contributed by atoms with Gasteiger partial charge in [0.2, 0.25) is 0 Å². The fourth-order valence-electron chi connectivity index (χ4n) is 1.12. The summed E-state index contributed by atoms with van der Waals surface area (Å²) in [5.41, 5.74) is 5.33. The normalized spacial score (nSPS) is 11.5. The molecule has 0 spiro atoms. The third-order valence-electron chi connectivity index (χ3n) is 2.08. The van der Waals surface area contributed by atoms with Crippen molar-refractivity contribution in [2.24, 2.45) is 5.73 Å². The predicted octanol–water partition coefficient (Wildman–Crippen LogP) is 0.0381. The lowest BCUT2D eigenvalue weighted by atomic mass is 10.2. The zero-order valence-electron chi connectivity index (χ0n) is 10.3. The number of hydrogen-bond acceptors (Lipinski definition) is 5. The first-order chi connectivity index (χ1) is 7.94. The maximum atomic E-state index is 11.6. The van der Waals surface area contributed by atoms with Gasteiger partial charge >= 0.3 is 16.3 Å². The summed E-state index contributed by atoms with van der Waals surface area (Å²) in [6.45, 7) is 2.66. The number of carbonyl (C=O) groups excluding carboxylic acids is 1. The Balaban J connectivity index is 4.07. The summed E-state index contributed by atoms with van der Waals surface area (Å²) in [6.07, 6.45) is 1.47. The van der Waals surface area contributed by atoms with Gasteiger partial charge in [0.05, 0.1) is 6.61 Å². The summed E-state index contributed by atoms with van der Waals surface area (Å²) in [4.78, 5) is 11.0. The van der Waals surface area contributed by atoms with E-state index in [9.17, 15) is 13.2 Å². The number of nitrogens with one attached hydrogen (secondary N) is 1. The molecule has 7 nitrogen and oxygen atoms in total. The van der Waals surface area contributed by atoms with Crippen LogP contribution in [0.15, 0.2) is 0 Å². The summed E-state index contributed by atoms with van der Waals surface area (Å²) in [5.74, 6) is 0. The lowest BCUT2D eigenvalue weighted by molar-refractivity contribution is 0.158. The van der Waals surface area contributed by atoms with Gasteiger partial charge < -0.3 is 10.5 Å². The molecule has 102 valence electrons. The fourth-order valence-corrected chi connectivity index (χ4v) is 1.91. The van der Waals surface area contributed by atoms with E-state index in [0.29, 0.717) is 19.5 Å². The quantitative estimate of drug-likeness (QED) is 0.604. The fraction of sp³-hybridized carbons (Fsp3) is 0.889. The summed E-state index contributed by atoms with van der Waals surface area (Å²) < 4.78 is 30.5. The topological polar surface area (TPSA) is 102 Å². The monoisotopic (exact) mass is 267 g/mol. The zero-order valence-corrected chi connectivity index (χ0v) is 11.1. The highest BCUT2D eigenvalue weighted by Gasteiger charge is 2.20. The average Bonchev–Trinajstić information content (AvgIpc) is 2.23. The summed E-state index contributed by atoms with van der Waals surface area (Å²) in [5, 5.41) is 0. The van der Waals surface area contributed by atoms with Gasteiger partial charge in [0.1, 0.15) is 0 Å². The van der Waals surface area contributed by atoms with Crippen LogP contribution < -0.4 is 10.5 Å². The Morgan fingerprint density at radius 3 is 2.53 bits per heavy atom. The van der Waals surface area contributed by atoms with Crippen LogP contribution in [0.1, 0.15) is 26.2 Å². The van der Waals surface area contributed by atoms with Crippen molar-refractivity contribution >= 4 is 16.3 Å². The predicted molar refractivity (Wildman–Crippen MR) is 64.6 cm³/mol. The van der Waals surface area contributed by atoms with Crippen LogP contribution in [-0.2, 0) is 14.9 Å². The number of ether oxygens (including phenoxy) is 1. The molecule has 0 radical (unpaired) electrons. The second-order valence-electron chi connectivity index (χ2n) is 3.50. The Kier molecular flexibility index (Phi) is 7.85. The molecule has 0 aliphatic heterocycles. The third kappa shape index (κ3) is 7.14. The second-order valence-corrected chi connectivity index (χ2v) is 5.28. The Morgan fingerprint density at radius 1 is 1.35 bits per heavy atom. The van der Waals surface area contributed by atoms with Gasteiger partial charge in [0, 0.05) is 13.6 Å². The molecular weight excluding hydrogens is 246 g/mol. The van der Waals surface area contributed by atoms with Gasteiger partial charge in [-0.05, 0) is 26.3 Å². The van der Waals surface area contributed by atoms with Crippen LogP contribution in [-0.4, -0.2) is 45.6 Å². The Bertz CT molecular complexity index is 318. The molecule has 3 N–H and O–H groups in total. The molecule has 0 aliphatic rings. The van der Waals surface area contributed by atoms with Crippen molar-refractivity contribution in [3.05, 3.63) is 0 Å². The number of hydrogen-bond donors (Lipinski definition) is 2. The first-order valence-corrected chi connectivity index (χ1v) is 6.99. The lowest BCUT2D eigenvalue weighted by Gasteiger charge is -2.16. The van der Waals surface area contributed by atoms with Crippen molar-refractivity contribution in [1.29, 1.82) is 0 Å². The van der Waals surface area contributed by atoms with E-state index in [1.807, 2.05) is 4.72 Å². The molecule has 0 aromatic rings. The number of nitrogens with two attached hydrogens (primary N) is 1. The van der Waals surface area contributed by atoms with Gasteiger partial charge in [-0.15, -0.1) is 0 Å². The van der Waals surface area contributed by atoms with Gasteiger partial charge in [-0.3, -0.25) is 0 Å². The van der Waals surface area contributed by atoms with Crippen molar-refractivity contribution in [1.82, 2.24) is 9.03 Å². The van der Waals surface area contributed by atoms with Crippen LogP contribution in [0.3, 0.4) is 0 Å². The number of carbonyl (C=O) groups is 1. The molecule has 17 heavy (non-hydrogen) atoms. The number of amides is 1. The van der Waals surface area contributed by atoms with Crippen molar-refractivity contribution in [3.63, 3.8) is 0 Å². The Morgan fingerprint density at radius 2 is 2.00 bits per heavy atom. The molecule has 0 heterocycles. The minimum Gasteiger partial charge on any atom is -0.449 e. The highest BCUT2D eigenvalue weighted by atomic mass is 32.2. The van der Waals surface area contributed by atoms with Crippen molar-refractivity contribution in [3.8, 4) is 0 Å². The largest absolute Gasteiger partial charge is 0.449 e. The SMILES string of the molecule is CCOC(=O)NS(=O)(=O)N(C)CCCCCN. The first-order valence-electron chi connectivity index (χ1n) is 5.55. The summed E-state index contributed by atoms with van der Waals surface area (Å²) in [7, 11) is -2.38. The van der Waals surface area contributed by atoms with E-state index in [1.165, 1.54) is 7.05 Å². The molecule has 0 aromatic heterocycles. The van der Waals surface area contributed by atoms with Gasteiger partial charge in [-0.2, -0.15) is 12.7 Å². The highest BCUT2D eigenvalue weighted by molar-refractivity contribution is 7.87. The molecule has 1 amide bonds. The smallest absolute Gasteiger partial charge is 0.421 e. The Hall–Kier alpha value is -0.860. The minimum absolute atomic E-state index is 0.127. The van der Waals surface area contributed by atoms with E-state index in [-0.39, 0.29) is 6.61 Å². The highest BCUT2D eigenvalue weighted by Crippen LogP contribution is 2.00. The van der Waals surface area contributed by atoms with Gasteiger partial charge in [-0.25, -0.2) is 9.52 Å². The molecule has 0 saturated carbocycles. The maximum absolute atomic E-state index is 11.6. The molecule has 0 bridgehead atoms. The van der Waals surface area contributed by atoms with Crippen LogP contribution in [0, 0.1) is 0 Å². The third-order valence-corrected chi connectivity index (χ3v) is 3.50. The van der Waals surface area contributed by atoms with Crippen LogP contribution in [0.5, 0.6) is 0 Å². The first kappa shape index (κ1) is 16.1. The molecule has 0 atom stereocenters. The molecule has 0 unspecified atom stereocenters. The lowest BCUT2D eigenvalue weighted by Crippen LogP contribution is -2.42.